The van der Waals surface area contributed by atoms with E-state index in [-0.39, 0.29) is 12.6 Å². The van der Waals surface area contributed by atoms with Crippen LogP contribution in [-0.4, -0.2) is 37.4 Å². The van der Waals surface area contributed by atoms with Gasteiger partial charge in [0.15, 0.2) is 0 Å². The van der Waals surface area contributed by atoms with Crippen LogP contribution in [0.4, 0.5) is 0 Å². The fraction of sp³-hybridized carbons (Fsp3) is 0.941. The van der Waals surface area contributed by atoms with E-state index in [0.717, 1.165) is 32.2 Å². The Bertz CT molecular complexity index is 234. The van der Waals surface area contributed by atoms with Crippen LogP contribution in [0, 0.1) is 5.92 Å². The number of carbonyl (C=O) groups excluding carboxylic acids is 1. The van der Waals surface area contributed by atoms with Crippen LogP contribution >= 0.6 is 0 Å². The van der Waals surface area contributed by atoms with E-state index in [1.54, 1.807) is 0 Å². The summed E-state index contributed by atoms with van der Waals surface area (Å²) in [6.45, 7) is 6.84. The van der Waals surface area contributed by atoms with Gasteiger partial charge < -0.3 is 15.2 Å². The summed E-state index contributed by atoms with van der Waals surface area (Å²) in [6.07, 6.45) is 9.48. The molecule has 0 radical (unpaired) electrons. The minimum absolute atomic E-state index is 0.0386. The van der Waals surface area contributed by atoms with E-state index in [4.69, 9.17) is 9.84 Å². The van der Waals surface area contributed by atoms with Crippen LogP contribution < -0.4 is 5.32 Å². The third-order valence-electron chi connectivity index (χ3n) is 3.68. The highest BCUT2D eigenvalue weighted by Gasteiger charge is 2.05. The second kappa shape index (κ2) is 15.8. The highest BCUT2D eigenvalue weighted by Crippen LogP contribution is 2.10. The molecule has 0 aromatic carbocycles. The number of nitrogens with one attached hydrogen (secondary N) is 1. The van der Waals surface area contributed by atoms with E-state index in [9.17, 15) is 4.79 Å². The molecule has 0 saturated carbocycles. The molecule has 4 heteroatoms. The number of ether oxygens (including phenoxy) is 1. The molecule has 0 aromatic heterocycles. The van der Waals surface area contributed by atoms with Crippen molar-refractivity contribution in [3.8, 4) is 0 Å². The Morgan fingerprint density at radius 3 is 2.52 bits per heavy atom. The summed E-state index contributed by atoms with van der Waals surface area (Å²) >= 11 is 0. The van der Waals surface area contributed by atoms with E-state index in [1.165, 1.54) is 25.7 Å². The molecule has 21 heavy (non-hydrogen) atoms. The molecule has 0 aromatic rings. The van der Waals surface area contributed by atoms with Crippen LogP contribution in [0.3, 0.4) is 0 Å². The van der Waals surface area contributed by atoms with Gasteiger partial charge in [0.25, 0.3) is 0 Å². The summed E-state index contributed by atoms with van der Waals surface area (Å²) in [5, 5.41) is 11.8. The number of carbonyl (C=O) groups is 1. The lowest BCUT2D eigenvalue weighted by Gasteiger charge is -2.10. The van der Waals surface area contributed by atoms with Crippen molar-refractivity contribution in [2.75, 3.05) is 26.3 Å². The lowest BCUT2D eigenvalue weighted by molar-refractivity contribution is -0.144. The Morgan fingerprint density at radius 1 is 1.10 bits per heavy atom. The summed E-state index contributed by atoms with van der Waals surface area (Å²) in [7, 11) is 0. The van der Waals surface area contributed by atoms with Crippen LogP contribution in [0.2, 0.25) is 0 Å². The van der Waals surface area contributed by atoms with Gasteiger partial charge in [0, 0.05) is 13.0 Å². The Labute approximate surface area is 130 Å². The zero-order valence-corrected chi connectivity index (χ0v) is 14.0. The molecule has 126 valence electrons. The first-order valence-electron chi connectivity index (χ1n) is 8.67. The molecule has 4 nitrogen and oxygen atoms in total. The molecule has 0 rings (SSSR count). The molecule has 0 aliphatic carbocycles. The Morgan fingerprint density at radius 2 is 1.81 bits per heavy atom. The van der Waals surface area contributed by atoms with Crippen molar-refractivity contribution in [3.05, 3.63) is 0 Å². The van der Waals surface area contributed by atoms with Crippen LogP contribution in [0.5, 0.6) is 0 Å². The van der Waals surface area contributed by atoms with Gasteiger partial charge in [-0.05, 0) is 31.7 Å². The molecule has 0 fully saturated rings. The van der Waals surface area contributed by atoms with Crippen molar-refractivity contribution in [1.82, 2.24) is 5.32 Å². The zero-order chi connectivity index (χ0) is 15.8. The van der Waals surface area contributed by atoms with Crippen molar-refractivity contribution < 1.29 is 14.6 Å². The van der Waals surface area contributed by atoms with E-state index < -0.39 is 0 Å². The first kappa shape index (κ1) is 20.4. The van der Waals surface area contributed by atoms with Gasteiger partial charge in [-0.15, -0.1) is 0 Å². The number of esters is 1. The minimum Gasteiger partial charge on any atom is -0.466 e. The number of hydrogen-bond acceptors (Lipinski definition) is 4. The largest absolute Gasteiger partial charge is 0.466 e. The van der Waals surface area contributed by atoms with Gasteiger partial charge in [-0.3, -0.25) is 4.79 Å². The minimum atomic E-state index is -0.0386. The third kappa shape index (κ3) is 15.6. The zero-order valence-electron chi connectivity index (χ0n) is 14.0. The standard InChI is InChI=1S/C17H35NO3/c1-3-9-16(2)11-15-21-17(20)10-7-5-4-6-8-12-18-13-14-19/h16,18-19H,3-15H2,1-2H3. The molecule has 0 heterocycles. The van der Waals surface area contributed by atoms with Crippen molar-refractivity contribution in [1.29, 1.82) is 0 Å². The lowest BCUT2D eigenvalue weighted by Crippen LogP contribution is -2.19. The first-order valence-corrected chi connectivity index (χ1v) is 8.67. The van der Waals surface area contributed by atoms with E-state index in [1.807, 2.05) is 0 Å². The Balaban J connectivity index is 3.23. The van der Waals surface area contributed by atoms with Crippen LogP contribution in [-0.2, 0) is 9.53 Å². The average Bonchev–Trinajstić information content (AvgIpc) is 2.46. The molecule has 2 N–H and O–H groups in total. The van der Waals surface area contributed by atoms with Gasteiger partial charge >= 0.3 is 5.97 Å². The van der Waals surface area contributed by atoms with E-state index >= 15 is 0 Å². The molecule has 0 amide bonds. The van der Waals surface area contributed by atoms with Gasteiger partial charge in [0.05, 0.1) is 13.2 Å². The summed E-state index contributed by atoms with van der Waals surface area (Å²) in [5.74, 6) is 0.616. The summed E-state index contributed by atoms with van der Waals surface area (Å²) in [6, 6.07) is 0. The molecule has 0 aliphatic rings. The maximum absolute atomic E-state index is 11.5. The Hall–Kier alpha value is -0.610. The summed E-state index contributed by atoms with van der Waals surface area (Å²) in [4.78, 5) is 11.5. The van der Waals surface area contributed by atoms with Crippen LogP contribution in [0.15, 0.2) is 0 Å². The monoisotopic (exact) mass is 301 g/mol. The highest BCUT2D eigenvalue weighted by molar-refractivity contribution is 5.69. The molecule has 1 atom stereocenters. The second-order valence-electron chi connectivity index (χ2n) is 5.89. The highest BCUT2D eigenvalue weighted by atomic mass is 16.5. The van der Waals surface area contributed by atoms with E-state index in [2.05, 4.69) is 19.2 Å². The van der Waals surface area contributed by atoms with Gasteiger partial charge in [0.1, 0.15) is 0 Å². The van der Waals surface area contributed by atoms with Crippen LogP contribution in [0.25, 0.3) is 0 Å². The SMILES string of the molecule is CCCC(C)CCOC(=O)CCCCCCCNCCO. The summed E-state index contributed by atoms with van der Waals surface area (Å²) < 4.78 is 5.26. The van der Waals surface area contributed by atoms with Gasteiger partial charge in [-0.25, -0.2) is 0 Å². The molecule has 0 bridgehead atoms. The van der Waals surface area contributed by atoms with Gasteiger partial charge in [0.2, 0.25) is 0 Å². The topological polar surface area (TPSA) is 58.6 Å². The maximum Gasteiger partial charge on any atom is 0.305 e. The van der Waals surface area contributed by atoms with Crippen molar-refractivity contribution in [2.24, 2.45) is 5.92 Å². The predicted octanol–water partition coefficient (Wildman–Crippen LogP) is 3.28. The quantitative estimate of drug-likeness (QED) is 0.360. The number of aliphatic hydroxyl groups is 1. The fourth-order valence-electron chi connectivity index (χ4n) is 2.34. The van der Waals surface area contributed by atoms with Crippen molar-refractivity contribution in [2.45, 2.75) is 71.6 Å². The molecule has 1 unspecified atom stereocenters. The molecule has 0 saturated heterocycles. The normalized spacial score (nSPS) is 12.3. The third-order valence-corrected chi connectivity index (χ3v) is 3.68. The molecule has 0 spiro atoms. The number of aliphatic hydroxyl groups excluding tert-OH is 1. The molecular formula is C17H35NO3. The van der Waals surface area contributed by atoms with Gasteiger partial charge in [-0.1, -0.05) is 46.0 Å². The van der Waals surface area contributed by atoms with Crippen molar-refractivity contribution >= 4 is 5.97 Å². The number of unbranched alkanes of at least 4 members (excludes halogenated alkanes) is 4. The predicted molar refractivity (Wildman–Crippen MR) is 87.3 cm³/mol. The average molecular weight is 301 g/mol. The maximum atomic E-state index is 11.5. The Kier molecular flexibility index (Phi) is 15.3. The number of hydrogen-bond donors (Lipinski definition) is 2. The fourth-order valence-corrected chi connectivity index (χ4v) is 2.34. The van der Waals surface area contributed by atoms with Gasteiger partial charge in [-0.2, -0.15) is 0 Å². The molecular weight excluding hydrogens is 266 g/mol. The number of rotatable bonds is 15. The summed E-state index contributed by atoms with van der Waals surface area (Å²) in [5.41, 5.74) is 0. The van der Waals surface area contributed by atoms with Crippen molar-refractivity contribution in [3.63, 3.8) is 0 Å². The second-order valence-corrected chi connectivity index (χ2v) is 5.89. The van der Waals surface area contributed by atoms with Crippen LogP contribution in [0.1, 0.15) is 71.6 Å². The van der Waals surface area contributed by atoms with E-state index in [0.29, 0.717) is 25.5 Å². The first-order chi connectivity index (χ1) is 10.2. The molecule has 0 aliphatic heterocycles. The smallest absolute Gasteiger partial charge is 0.305 e. The lowest BCUT2D eigenvalue weighted by atomic mass is 10.0.